The molecule has 0 bridgehead atoms. The van der Waals surface area contributed by atoms with Gasteiger partial charge in [0.15, 0.2) is 18.3 Å². The molecular weight excluding hydrogens is 756 g/mol. The predicted octanol–water partition coefficient (Wildman–Crippen LogP) is -0.539. The van der Waals surface area contributed by atoms with Crippen molar-refractivity contribution < 1.29 is 83.7 Å². The maximum absolute atomic E-state index is 11.1. The average Bonchev–Trinajstić information content (AvgIpc) is 3.18. The molecule has 0 aliphatic carbocycles. The van der Waals surface area contributed by atoms with E-state index in [0.29, 0.717) is 38.4 Å². The maximum atomic E-state index is 11.1. The molecule has 0 aromatic heterocycles. The zero-order chi connectivity index (χ0) is 43.5. The number of carboxylic acids is 3. The van der Waals surface area contributed by atoms with Crippen LogP contribution in [-0.4, -0.2) is 167 Å². The lowest BCUT2D eigenvalue weighted by Crippen LogP contribution is -2.47. The highest BCUT2D eigenvalue weighted by atomic mass is 16.6. The molecule has 324 valence electrons. The number of esters is 1. The van der Waals surface area contributed by atoms with Crippen LogP contribution in [0.3, 0.4) is 0 Å². The van der Waals surface area contributed by atoms with Crippen LogP contribution in [0, 0.1) is 0 Å². The second-order valence-electron chi connectivity index (χ2n) is 13.0. The van der Waals surface area contributed by atoms with Gasteiger partial charge in [-0.25, -0.2) is 19.2 Å². The summed E-state index contributed by atoms with van der Waals surface area (Å²) in [6.45, 7) is 11.3. The van der Waals surface area contributed by atoms with E-state index in [9.17, 15) is 29.4 Å². The van der Waals surface area contributed by atoms with Crippen LogP contribution in [0.15, 0.2) is 48.5 Å². The fourth-order valence-corrected chi connectivity index (χ4v) is 4.03. The number of carbonyl (C=O) groups is 4. The van der Waals surface area contributed by atoms with E-state index in [0.717, 1.165) is 37.6 Å². The molecule has 6 unspecified atom stereocenters. The molecule has 19 nitrogen and oxygen atoms in total. The monoisotopic (exact) mass is 816 g/mol. The summed E-state index contributed by atoms with van der Waals surface area (Å²) in [5, 5.41) is 77.6. The van der Waals surface area contributed by atoms with Crippen LogP contribution in [0.25, 0.3) is 0 Å². The molecule has 19 heteroatoms. The molecule has 2 aromatic rings. The number of benzene rings is 2. The SMILES string of the molecule is COCCc1ccc(OCC(O)CNC(C)C)cc1.COCCc1ccc(OCC(O)CNC(C)C)cc1.O=C(O)C(O)C(O)C(=O)OC(C(=O)O)C(O)C(=O)O. The van der Waals surface area contributed by atoms with E-state index in [1.54, 1.807) is 14.2 Å². The zero-order valence-electron chi connectivity index (χ0n) is 33.1. The number of methoxy groups -OCH3 is 2. The van der Waals surface area contributed by atoms with Gasteiger partial charge in [0.2, 0.25) is 6.10 Å². The molecule has 0 aliphatic rings. The van der Waals surface area contributed by atoms with Crippen LogP contribution in [0.1, 0.15) is 38.8 Å². The molecule has 0 heterocycles. The van der Waals surface area contributed by atoms with Crippen LogP contribution >= 0.6 is 0 Å². The summed E-state index contributed by atoms with van der Waals surface area (Å²) in [7, 11) is 3.40. The number of hydrogen-bond donors (Lipinski definition) is 10. The largest absolute Gasteiger partial charge is 0.491 e. The predicted molar refractivity (Wildman–Crippen MR) is 204 cm³/mol. The zero-order valence-corrected chi connectivity index (χ0v) is 33.1. The molecule has 0 saturated carbocycles. The van der Waals surface area contributed by atoms with E-state index < -0.39 is 60.5 Å². The van der Waals surface area contributed by atoms with Gasteiger partial charge in [-0.05, 0) is 48.2 Å². The van der Waals surface area contributed by atoms with E-state index in [1.165, 1.54) is 11.1 Å². The van der Waals surface area contributed by atoms with Gasteiger partial charge in [-0.2, -0.15) is 0 Å². The Morgan fingerprint density at radius 2 is 0.930 bits per heavy atom. The van der Waals surface area contributed by atoms with Gasteiger partial charge in [0.25, 0.3) is 0 Å². The Bertz CT molecular complexity index is 1340. The summed E-state index contributed by atoms with van der Waals surface area (Å²) < 4.78 is 25.1. The minimum atomic E-state index is -2.64. The Morgan fingerprint density at radius 1 is 0.561 bits per heavy atom. The normalized spacial score (nSPS) is 14.1. The van der Waals surface area contributed by atoms with Gasteiger partial charge in [0, 0.05) is 39.4 Å². The van der Waals surface area contributed by atoms with Crippen LogP contribution in [0.4, 0.5) is 0 Å². The van der Waals surface area contributed by atoms with Gasteiger partial charge in [-0.1, -0.05) is 52.0 Å². The Kier molecular flexibility index (Phi) is 27.4. The summed E-state index contributed by atoms with van der Waals surface area (Å²) in [5.41, 5.74) is 2.44. The van der Waals surface area contributed by atoms with Gasteiger partial charge in [-0.3, -0.25) is 0 Å². The summed E-state index contributed by atoms with van der Waals surface area (Å²) in [5.74, 6) is -6.40. The topological polar surface area (TPSA) is 300 Å². The van der Waals surface area contributed by atoms with Crippen LogP contribution in [0.2, 0.25) is 0 Å². The first kappa shape index (κ1) is 52.6. The van der Waals surface area contributed by atoms with Gasteiger partial charge in [-0.15, -0.1) is 0 Å². The van der Waals surface area contributed by atoms with Gasteiger partial charge < -0.3 is 75.2 Å². The lowest BCUT2D eigenvalue weighted by molar-refractivity contribution is -0.188. The summed E-state index contributed by atoms with van der Waals surface area (Å²) in [6.07, 6.45) is -9.61. The first-order chi connectivity index (χ1) is 26.8. The fraction of sp³-hybridized carbons (Fsp3) is 0.579. The van der Waals surface area contributed by atoms with Crippen molar-refractivity contribution in [2.75, 3.05) is 53.7 Å². The smallest absolute Gasteiger partial charge is 0.348 e. The van der Waals surface area contributed by atoms with Gasteiger partial charge in [0.05, 0.1) is 13.2 Å². The van der Waals surface area contributed by atoms with Crippen LogP contribution < -0.4 is 20.1 Å². The molecule has 0 aliphatic heterocycles. The third kappa shape index (κ3) is 24.7. The Labute approximate surface area is 332 Å². The molecule has 0 radical (unpaired) electrons. The molecule has 57 heavy (non-hydrogen) atoms. The molecule has 0 spiro atoms. The van der Waals surface area contributed by atoms with E-state index in [-0.39, 0.29) is 0 Å². The maximum Gasteiger partial charge on any atom is 0.348 e. The number of carboxylic acid groups (broad SMARTS) is 3. The Hall–Kier alpha value is -4.44. The van der Waals surface area contributed by atoms with Gasteiger partial charge >= 0.3 is 23.9 Å². The van der Waals surface area contributed by atoms with Crippen molar-refractivity contribution in [3.05, 3.63) is 59.7 Å². The second kappa shape index (κ2) is 29.8. The number of aliphatic hydroxyl groups excluding tert-OH is 5. The third-order valence-corrected chi connectivity index (χ3v) is 7.26. The van der Waals surface area contributed by atoms with Crippen molar-refractivity contribution in [2.24, 2.45) is 0 Å². The van der Waals surface area contributed by atoms with Crippen molar-refractivity contribution in [3.8, 4) is 11.5 Å². The summed E-state index contributed by atoms with van der Waals surface area (Å²) >= 11 is 0. The van der Waals surface area contributed by atoms with Crippen molar-refractivity contribution in [1.82, 2.24) is 10.6 Å². The summed E-state index contributed by atoms with van der Waals surface area (Å²) in [4.78, 5) is 42.2. The number of rotatable bonds is 25. The second-order valence-corrected chi connectivity index (χ2v) is 13.0. The Morgan fingerprint density at radius 3 is 1.23 bits per heavy atom. The van der Waals surface area contributed by atoms with Crippen LogP contribution in [0.5, 0.6) is 11.5 Å². The van der Waals surface area contributed by atoms with E-state index in [1.807, 2.05) is 76.2 Å². The number of carbonyl (C=O) groups excluding carboxylic acids is 1. The first-order valence-corrected chi connectivity index (χ1v) is 18.0. The van der Waals surface area contributed by atoms with Crippen LogP contribution in [-0.2, 0) is 46.2 Å². The third-order valence-electron chi connectivity index (χ3n) is 7.26. The van der Waals surface area contributed by atoms with Crippen molar-refractivity contribution in [1.29, 1.82) is 0 Å². The number of aliphatic carboxylic acids is 3. The van der Waals surface area contributed by atoms with Crippen molar-refractivity contribution in [3.63, 3.8) is 0 Å². The molecule has 6 atom stereocenters. The van der Waals surface area contributed by atoms with Crippen molar-refractivity contribution >= 4 is 23.9 Å². The highest BCUT2D eigenvalue weighted by Gasteiger charge is 2.39. The average molecular weight is 817 g/mol. The molecule has 0 amide bonds. The molecule has 2 aromatic carbocycles. The number of ether oxygens (including phenoxy) is 5. The fourth-order valence-electron chi connectivity index (χ4n) is 4.03. The lowest BCUT2D eigenvalue weighted by Gasteiger charge is -2.19. The highest BCUT2D eigenvalue weighted by molar-refractivity contribution is 5.88. The van der Waals surface area contributed by atoms with Gasteiger partial charge in [0.1, 0.15) is 36.9 Å². The quantitative estimate of drug-likeness (QED) is 0.0563. The highest BCUT2D eigenvalue weighted by Crippen LogP contribution is 2.14. The minimum Gasteiger partial charge on any atom is -0.491 e. The number of hydrogen-bond acceptors (Lipinski definition) is 16. The molecule has 2 rings (SSSR count). The first-order valence-electron chi connectivity index (χ1n) is 18.0. The Balaban J connectivity index is 0.000000825. The molecule has 0 fully saturated rings. The molecular formula is C38H60N2O17. The van der Waals surface area contributed by atoms with E-state index >= 15 is 0 Å². The standard InChI is InChI=1S/2C15H25NO3.C8H10O11/c2*1-12(2)16-10-14(17)11-19-15-6-4-13(5-7-15)8-9-18-3;9-1(5(12)13)2(10)8(18)19-4(7(16)17)3(11)6(14)15/h2*4-7,12,14,16-17H,8-11H2,1-3H3;1-4,9-11H,(H,12,13)(H,14,15)(H,16,17). The molecule has 10 N–H and O–H groups in total. The van der Waals surface area contributed by atoms with E-state index in [4.69, 9.17) is 49.6 Å². The summed E-state index contributed by atoms with van der Waals surface area (Å²) in [6, 6.07) is 16.5. The lowest BCUT2D eigenvalue weighted by atomic mass is 10.1. The molecule has 0 saturated heterocycles. The van der Waals surface area contributed by atoms with Crippen molar-refractivity contribution in [2.45, 2.75) is 89.2 Å². The number of nitrogens with one attached hydrogen (secondary N) is 2. The minimum absolute atomic E-state index is 0.303. The van der Waals surface area contributed by atoms with E-state index in [2.05, 4.69) is 15.4 Å². The number of aliphatic hydroxyl groups is 5.